The Balaban J connectivity index is 1.46. The van der Waals surface area contributed by atoms with E-state index in [9.17, 15) is 13.6 Å². The van der Waals surface area contributed by atoms with E-state index in [1.165, 1.54) is 87.6 Å². The molecule has 3 rings (SSSR count). The molecule has 2 aromatic rings. The Morgan fingerprint density at radius 1 is 0.903 bits per heavy atom. The van der Waals surface area contributed by atoms with Crippen LogP contribution in [-0.4, -0.2) is 12.6 Å². The molecule has 0 unspecified atom stereocenters. The van der Waals surface area contributed by atoms with Gasteiger partial charge in [0.25, 0.3) is 0 Å². The van der Waals surface area contributed by atoms with E-state index in [0.717, 1.165) is 5.92 Å². The van der Waals surface area contributed by atoms with E-state index in [0.29, 0.717) is 11.7 Å². The predicted octanol–water partition coefficient (Wildman–Crippen LogP) is 7.75. The normalized spacial score (nSPS) is 18.7. The van der Waals surface area contributed by atoms with E-state index < -0.39 is 12.6 Å². The predicted molar refractivity (Wildman–Crippen MR) is 118 cm³/mol. The number of hydrogen-bond acceptors (Lipinski definition) is 3. The van der Waals surface area contributed by atoms with Gasteiger partial charge in [0.1, 0.15) is 11.5 Å². The molecule has 1 aliphatic rings. The lowest BCUT2D eigenvalue weighted by molar-refractivity contribution is -0.0498. The molecule has 0 saturated heterocycles. The average molecular weight is 431 g/mol. The molecule has 0 radical (unpaired) electrons. The smallest absolute Gasteiger partial charge is 0.387 e. The summed E-state index contributed by atoms with van der Waals surface area (Å²) >= 11 is 0. The van der Waals surface area contributed by atoms with E-state index >= 15 is 0 Å². The summed E-state index contributed by atoms with van der Waals surface area (Å²) in [4.78, 5) is 12.3. The van der Waals surface area contributed by atoms with E-state index in [1.807, 2.05) is 12.1 Å². The first kappa shape index (κ1) is 23.2. The van der Waals surface area contributed by atoms with Gasteiger partial charge in [-0.1, -0.05) is 51.2 Å². The van der Waals surface area contributed by atoms with E-state index in [1.54, 1.807) is 0 Å². The number of carbonyl (C=O) groups excluding carboxylic acids is 1. The average Bonchev–Trinajstić information content (AvgIpc) is 2.78. The van der Waals surface area contributed by atoms with Crippen LogP contribution in [0, 0.1) is 5.92 Å². The zero-order valence-corrected chi connectivity index (χ0v) is 18.2. The van der Waals surface area contributed by atoms with Gasteiger partial charge in [0, 0.05) is 0 Å². The summed E-state index contributed by atoms with van der Waals surface area (Å²) in [5, 5.41) is 0. The minimum absolute atomic E-state index is 0.00610. The molecule has 2 aromatic carbocycles. The van der Waals surface area contributed by atoms with Crippen LogP contribution >= 0.6 is 0 Å². The molecule has 0 heterocycles. The van der Waals surface area contributed by atoms with E-state index in [-0.39, 0.29) is 11.3 Å². The fourth-order valence-electron chi connectivity index (χ4n) is 4.39. The molecular formula is C26H32F2O3. The molecule has 0 bridgehead atoms. The fourth-order valence-corrected chi connectivity index (χ4v) is 4.39. The van der Waals surface area contributed by atoms with Gasteiger partial charge in [-0.3, -0.25) is 0 Å². The van der Waals surface area contributed by atoms with Crippen LogP contribution in [0.3, 0.4) is 0 Å². The summed E-state index contributed by atoms with van der Waals surface area (Å²) in [6, 6.07) is 13.2. The second-order valence-corrected chi connectivity index (χ2v) is 8.43. The number of halogens is 2. The Bertz CT molecular complexity index is 794. The summed E-state index contributed by atoms with van der Waals surface area (Å²) < 4.78 is 34.1. The Morgan fingerprint density at radius 2 is 1.55 bits per heavy atom. The zero-order chi connectivity index (χ0) is 22.1. The third-order valence-corrected chi connectivity index (χ3v) is 6.19. The van der Waals surface area contributed by atoms with Crippen LogP contribution < -0.4 is 9.47 Å². The summed E-state index contributed by atoms with van der Waals surface area (Å²) in [6.45, 7) is -0.639. The highest BCUT2D eigenvalue weighted by atomic mass is 19.3. The van der Waals surface area contributed by atoms with Gasteiger partial charge in [-0.25, -0.2) is 4.79 Å². The number of unbranched alkanes of at least 4 members (excludes halogenated alkanes) is 3. The van der Waals surface area contributed by atoms with Crippen LogP contribution in [0.2, 0.25) is 0 Å². The number of rotatable bonds is 10. The van der Waals surface area contributed by atoms with Crippen molar-refractivity contribution in [2.45, 2.75) is 77.2 Å². The molecule has 1 aliphatic carbocycles. The van der Waals surface area contributed by atoms with Crippen LogP contribution in [0.25, 0.3) is 0 Å². The number of ether oxygens (including phenoxy) is 2. The van der Waals surface area contributed by atoms with Crippen molar-refractivity contribution in [3.05, 3.63) is 59.7 Å². The number of esters is 1. The lowest BCUT2D eigenvalue weighted by Gasteiger charge is -2.29. The monoisotopic (exact) mass is 430 g/mol. The minimum atomic E-state index is -2.89. The van der Waals surface area contributed by atoms with Crippen molar-refractivity contribution in [3.63, 3.8) is 0 Å². The first-order valence-corrected chi connectivity index (χ1v) is 11.4. The molecule has 3 nitrogen and oxygen atoms in total. The largest absolute Gasteiger partial charge is 0.435 e. The topological polar surface area (TPSA) is 35.5 Å². The van der Waals surface area contributed by atoms with Gasteiger partial charge < -0.3 is 9.47 Å². The Morgan fingerprint density at radius 3 is 2.16 bits per heavy atom. The number of carbonyl (C=O) groups is 1. The maximum Gasteiger partial charge on any atom is 0.387 e. The first-order chi connectivity index (χ1) is 15.0. The molecule has 31 heavy (non-hydrogen) atoms. The zero-order valence-electron chi connectivity index (χ0n) is 18.2. The van der Waals surface area contributed by atoms with Crippen molar-refractivity contribution in [2.24, 2.45) is 5.92 Å². The van der Waals surface area contributed by atoms with Crippen LogP contribution in [-0.2, 0) is 0 Å². The van der Waals surface area contributed by atoms with Crippen LogP contribution in [0.1, 0.15) is 86.6 Å². The molecule has 168 valence electrons. The van der Waals surface area contributed by atoms with Crippen LogP contribution in [0.5, 0.6) is 11.5 Å². The number of alkyl halides is 2. The van der Waals surface area contributed by atoms with Gasteiger partial charge in [-0.2, -0.15) is 8.78 Å². The number of hydrogen-bond donors (Lipinski definition) is 0. The lowest BCUT2D eigenvalue weighted by Crippen LogP contribution is -2.13. The van der Waals surface area contributed by atoms with Gasteiger partial charge >= 0.3 is 12.6 Å². The Hall–Kier alpha value is -2.43. The van der Waals surface area contributed by atoms with Crippen molar-refractivity contribution in [3.8, 4) is 11.5 Å². The minimum Gasteiger partial charge on any atom is -0.435 e. The van der Waals surface area contributed by atoms with Crippen molar-refractivity contribution >= 4 is 5.97 Å². The maximum atomic E-state index is 12.3. The molecule has 1 saturated carbocycles. The molecule has 0 atom stereocenters. The summed E-state index contributed by atoms with van der Waals surface area (Å²) in [6.07, 6.45) is 11.8. The highest BCUT2D eigenvalue weighted by Gasteiger charge is 2.22. The highest BCUT2D eigenvalue weighted by Crippen LogP contribution is 2.38. The standard InChI is InChI=1S/C26H32F2O3/c1-2-3-4-5-6-19-7-9-20(10-8-19)21-11-15-23(16-12-21)30-25(29)22-13-17-24(18-14-22)31-26(27)28/h11-20,26H,2-10H2,1H3. The van der Waals surface area contributed by atoms with Gasteiger partial charge in [-0.05, 0) is 79.5 Å². The third kappa shape index (κ3) is 7.34. The Labute approximate surface area is 183 Å². The Kier molecular flexibility index (Phi) is 8.86. The lowest BCUT2D eigenvalue weighted by atomic mass is 9.77. The molecule has 1 fully saturated rings. The molecular weight excluding hydrogens is 398 g/mol. The third-order valence-electron chi connectivity index (χ3n) is 6.19. The molecule has 0 aromatic heterocycles. The van der Waals surface area contributed by atoms with Gasteiger partial charge in [-0.15, -0.1) is 0 Å². The molecule has 0 N–H and O–H groups in total. The van der Waals surface area contributed by atoms with Gasteiger partial charge in [0.2, 0.25) is 0 Å². The highest BCUT2D eigenvalue weighted by molar-refractivity contribution is 5.91. The van der Waals surface area contributed by atoms with Crippen LogP contribution in [0.15, 0.2) is 48.5 Å². The van der Waals surface area contributed by atoms with E-state index in [4.69, 9.17) is 4.74 Å². The second-order valence-electron chi connectivity index (χ2n) is 8.43. The second kappa shape index (κ2) is 11.8. The number of benzene rings is 2. The fraction of sp³-hybridized carbons (Fsp3) is 0.500. The molecule has 5 heteroatoms. The summed E-state index contributed by atoms with van der Waals surface area (Å²) in [7, 11) is 0. The molecule has 0 amide bonds. The quantitative estimate of drug-likeness (QED) is 0.220. The maximum absolute atomic E-state index is 12.3. The van der Waals surface area contributed by atoms with Gasteiger partial charge in [0.05, 0.1) is 5.56 Å². The van der Waals surface area contributed by atoms with Crippen molar-refractivity contribution in [1.82, 2.24) is 0 Å². The molecule has 0 aliphatic heterocycles. The molecule has 0 spiro atoms. The van der Waals surface area contributed by atoms with Crippen molar-refractivity contribution in [2.75, 3.05) is 0 Å². The van der Waals surface area contributed by atoms with Crippen LogP contribution in [0.4, 0.5) is 8.78 Å². The SMILES string of the molecule is CCCCCCC1CCC(c2ccc(OC(=O)c3ccc(OC(F)F)cc3)cc2)CC1. The summed E-state index contributed by atoms with van der Waals surface area (Å²) in [5.74, 6) is 1.42. The van der Waals surface area contributed by atoms with E-state index in [2.05, 4.69) is 23.8 Å². The van der Waals surface area contributed by atoms with Crippen molar-refractivity contribution < 1.29 is 23.0 Å². The van der Waals surface area contributed by atoms with Gasteiger partial charge in [0.15, 0.2) is 0 Å². The first-order valence-electron chi connectivity index (χ1n) is 11.4. The summed E-state index contributed by atoms with van der Waals surface area (Å²) in [5.41, 5.74) is 1.58. The van der Waals surface area contributed by atoms with Crippen molar-refractivity contribution in [1.29, 1.82) is 0 Å².